The number of allylic oxidation sites excluding steroid dienone is 7. The zero-order valence-corrected chi connectivity index (χ0v) is 22.6. The summed E-state index contributed by atoms with van der Waals surface area (Å²) in [7, 11) is 0. The van der Waals surface area contributed by atoms with Crippen molar-refractivity contribution in [3.8, 4) is 0 Å². The van der Waals surface area contributed by atoms with Crippen LogP contribution in [0, 0.1) is 28.1 Å². The van der Waals surface area contributed by atoms with E-state index in [0.29, 0.717) is 12.8 Å². The van der Waals surface area contributed by atoms with Crippen LogP contribution in [-0.2, 0) is 4.79 Å². The van der Waals surface area contributed by atoms with Crippen molar-refractivity contribution in [1.29, 1.82) is 0 Å². The first-order valence-corrected chi connectivity index (χ1v) is 13.1. The van der Waals surface area contributed by atoms with Crippen molar-refractivity contribution in [2.24, 2.45) is 28.1 Å². The van der Waals surface area contributed by atoms with Gasteiger partial charge in [-0.2, -0.15) is 0 Å². The number of hydrogen-bond acceptors (Lipinski definition) is 5. The number of Topliss-reactive ketones (excluding diaryl/α,β-unsaturated/α-hetero) is 1. The Kier molecular flexibility index (Phi) is 7.80. The third-order valence-corrected chi connectivity index (χ3v) is 9.77. The zero-order valence-electron chi connectivity index (χ0n) is 22.6. The number of ketones is 1. The molecule has 5 heteroatoms. The second-order valence-corrected chi connectivity index (χ2v) is 12.7. The Morgan fingerprint density at radius 1 is 1.11 bits per heavy atom. The number of fused-ring (bicyclic) bond motifs is 3. The number of rotatable bonds is 6. The van der Waals surface area contributed by atoms with Crippen LogP contribution < -0.4 is 0 Å². The van der Waals surface area contributed by atoms with Crippen molar-refractivity contribution < 1.29 is 25.2 Å². The highest BCUT2D eigenvalue weighted by Gasteiger charge is 2.65. The van der Waals surface area contributed by atoms with E-state index in [0.717, 1.165) is 36.0 Å². The molecule has 3 saturated carbocycles. The first-order valence-electron chi connectivity index (χ1n) is 13.1. The molecule has 0 aromatic carbocycles. The van der Waals surface area contributed by atoms with Gasteiger partial charge in [-0.15, -0.1) is 0 Å². The van der Waals surface area contributed by atoms with Crippen molar-refractivity contribution in [1.82, 2.24) is 0 Å². The van der Waals surface area contributed by atoms with Crippen LogP contribution in [0.15, 0.2) is 47.1 Å². The molecule has 35 heavy (non-hydrogen) atoms. The van der Waals surface area contributed by atoms with E-state index < -0.39 is 23.2 Å². The average Bonchev–Trinajstić information content (AvgIpc) is 3.05. The van der Waals surface area contributed by atoms with Crippen LogP contribution in [-0.4, -0.2) is 50.6 Å². The highest BCUT2D eigenvalue weighted by atomic mass is 16.3. The van der Waals surface area contributed by atoms with E-state index >= 15 is 0 Å². The average molecular weight is 487 g/mol. The van der Waals surface area contributed by atoms with Crippen LogP contribution in [0.3, 0.4) is 0 Å². The van der Waals surface area contributed by atoms with E-state index in [-0.39, 0.29) is 35.1 Å². The van der Waals surface area contributed by atoms with Gasteiger partial charge in [-0.1, -0.05) is 56.7 Å². The number of carbonyl (C=O) groups excluding carboxylic acids is 1. The minimum absolute atomic E-state index is 0.0246. The zero-order chi connectivity index (χ0) is 26.4. The predicted octanol–water partition coefficient (Wildman–Crippen LogP) is 4.66. The molecular formula is C30H46O5. The molecule has 0 spiro atoms. The number of aliphatic hydroxyl groups is 4. The van der Waals surface area contributed by atoms with Crippen LogP contribution in [0.25, 0.3) is 0 Å². The van der Waals surface area contributed by atoms with Gasteiger partial charge < -0.3 is 20.4 Å². The fraction of sp³-hybridized carbons (Fsp3) is 0.700. The van der Waals surface area contributed by atoms with E-state index in [2.05, 4.69) is 13.8 Å². The monoisotopic (exact) mass is 486 g/mol. The molecule has 0 bridgehead atoms. The quantitative estimate of drug-likeness (QED) is 0.323. The van der Waals surface area contributed by atoms with Gasteiger partial charge in [0.1, 0.15) is 6.10 Å². The summed E-state index contributed by atoms with van der Waals surface area (Å²) in [5.74, 6) is 0.634. The number of aliphatic hydroxyl groups excluding tert-OH is 3. The molecule has 3 aliphatic rings. The minimum atomic E-state index is -1.19. The van der Waals surface area contributed by atoms with Crippen LogP contribution in [0.1, 0.15) is 80.6 Å². The Labute approximate surface area is 211 Å². The summed E-state index contributed by atoms with van der Waals surface area (Å²) >= 11 is 0. The van der Waals surface area contributed by atoms with E-state index in [1.807, 2.05) is 39.0 Å². The SMILES string of the molecule is CC(/C=C/C=C(C)/C=C/[C@H](O)C(C)(C)O)=C1/C(=O)C[C@H]2[C@@]3(C)CC[C@H](O)[C@](C)(CO)[C@@H]3CC[C@]12C. The molecule has 0 aliphatic heterocycles. The fourth-order valence-corrected chi connectivity index (χ4v) is 7.57. The number of carbonyl (C=O) groups is 1. The standard InChI is InChI=1S/C30H46O5/c1-19(11-12-24(33)27(3,4)35)9-8-10-20(2)26-21(32)17-23-28(5)16-14-25(34)30(7,18-31)22(28)13-15-29(23,26)6/h8-12,22-25,31,33-35H,13-18H2,1-7H3/b10-8+,12-11+,19-9+,26-20+/t22-,23+,24+,25+,28+,29+,30-/m1/s1. The molecule has 0 unspecified atom stereocenters. The van der Waals surface area contributed by atoms with Gasteiger partial charge in [0.15, 0.2) is 5.78 Å². The summed E-state index contributed by atoms with van der Waals surface area (Å²) in [6.07, 6.45) is 11.7. The van der Waals surface area contributed by atoms with E-state index in [4.69, 9.17) is 0 Å². The van der Waals surface area contributed by atoms with Crippen molar-refractivity contribution >= 4 is 5.78 Å². The van der Waals surface area contributed by atoms with Gasteiger partial charge in [0.05, 0.1) is 18.3 Å². The molecular weight excluding hydrogens is 440 g/mol. The normalized spacial score (nSPS) is 40.8. The topological polar surface area (TPSA) is 98.0 Å². The lowest BCUT2D eigenvalue weighted by molar-refractivity contribution is -0.178. The van der Waals surface area contributed by atoms with Gasteiger partial charge in [0.2, 0.25) is 0 Å². The van der Waals surface area contributed by atoms with Crippen LogP contribution in [0.4, 0.5) is 0 Å². The second kappa shape index (κ2) is 9.74. The Morgan fingerprint density at radius 3 is 2.37 bits per heavy atom. The summed E-state index contributed by atoms with van der Waals surface area (Å²) in [4.78, 5) is 13.4. The first-order chi connectivity index (χ1) is 16.1. The van der Waals surface area contributed by atoms with Crippen LogP contribution in [0.2, 0.25) is 0 Å². The second-order valence-electron chi connectivity index (χ2n) is 12.7. The Bertz CT molecular complexity index is 950. The highest BCUT2D eigenvalue weighted by Crippen LogP contribution is 2.69. The predicted molar refractivity (Wildman–Crippen MR) is 140 cm³/mol. The molecule has 0 amide bonds. The fourth-order valence-electron chi connectivity index (χ4n) is 7.57. The first kappa shape index (κ1) is 28.0. The molecule has 3 rings (SSSR count). The van der Waals surface area contributed by atoms with Crippen LogP contribution >= 0.6 is 0 Å². The van der Waals surface area contributed by atoms with Gasteiger partial charge in [0, 0.05) is 22.8 Å². The molecule has 196 valence electrons. The lowest BCUT2D eigenvalue weighted by Gasteiger charge is -2.62. The van der Waals surface area contributed by atoms with Crippen molar-refractivity contribution in [3.63, 3.8) is 0 Å². The molecule has 0 saturated heterocycles. The van der Waals surface area contributed by atoms with Crippen LogP contribution in [0.5, 0.6) is 0 Å². The van der Waals surface area contributed by atoms with Crippen molar-refractivity contribution in [2.75, 3.05) is 6.61 Å². The summed E-state index contributed by atoms with van der Waals surface area (Å²) in [5.41, 5.74) is 0.859. The van der Waals surface area contributed by atoms with Crippen molar-refractivity contribution in [2.45, 2.75) is 98.4 Å². The molecule has 4 N–H and O–H groups in total. The maximum Gasteiger partial charge on any atom is 0.160 e. The molecule has 0 heterocycles. The molecule has 0 aromatic rings. The Hall–Kier alpha value is -1.53. The lowest BCUT2D eigenvalue weighted by Crippen LogP contribution is -2.59. The minimum Gasteiger partial charge on any atom is -0.396 e. The molecule has 7 atom stereocenters. The maximum atomic E-state index is 13.4. The van der Waals surface area contributed by atoms with E-state index in [1.165, 1.54) is 0 Å². The largest absolute Gasteiger partial charge is 0.396 e. The molecule has 3 aliphatic carbocycles. The number of hydrogen-bond donors (Lipinski definition) is 4. The molecule has 0 radical (unpaired) electrons. The van der Waals surface area contributed by atoms with E-state index in [1.54, 1.807) is 26.0 Å². The summed E-state index contributed by atoms with van der Waals surface area (Å²) in [5, 5.41) is 40.8. The van der Waals surface area contributed by atoms with Gasteiger partial charge in [-0.05, 0) is 76.2 Å². The summed E-state index contributed by atoms with van der Waals surface area (Å²) in [6, 6.07) is 0. The van der Waals surface area contributed by atoms with Gasteiger partial charge in [-0.3, -0.25) is 4.79 Å². The van der Waals surface area contributed by atoms with Crippen molar-refractivity contribution in [3.05, 3.63) is 47.1 Å². The lowest BCUT2D eigenvalue weighted by atomic mass is 9.43. The maximum absolute atomic E-state index is 13.4. The van der Waals surface area contributed by atoms with E-state index in [9.17, 15) is 25.2 Å². The third-order valence-electron chi connectivity index (χ3n) is 9.77. The third kappa shape index (κ3) is 4.90. The summed E-state index contributed by atoms with van der Waals surface area (Å²) < 4.78 is 0. The Balaban J connectivity index is 1.87. The molecule has 0 aromatic heterocycles. The van der Waals surface area contributed by atoms with Gasteiger partial charge in [0.25, 0.3) is 0 Å². The molecule has 3 fully saturated rings. The smallest absolute Gasteiger partial charge is 0.160 e. The molecule has 5 nitrogen and oxygen atoms in total. The van der Waals surface area contributed by atoms with Gasteiger partial charge >= 0.3 is 0 Å². The highest BCUT2D eigenvalue weighted by molar-refractivity contribution is 6.00. The summed E-state index contributed by atoms with van der Waals surface area (Å²) in [6.45, 7) is 13.6. The van der Waals surface area contributed by atoms with Gasteiger partial charge in [-0.25, -0.2) is 0 Å². The Morgan fingerprint density at radius 2 is 1.77 bits per heavy atom.